The van der Waals surface area contributed by atoms with E-state index in [0.717, 1.165) is 47.5 Å². The van der Waals surface area contributed by atoms with E-state index in [1.54, 1.807) is 0 Å². The highest BCUT2D eigenvalue weighted by molar-refractivity contribution is 9.10. The molecule has 0 aliphatic carbocycles. The first-order valence-electron chi connectivity index (χ1n) is 10.1. The molecule has 0 atom stereocenters. The summed E-state index contributed by atoms with van der Waals surface area (Å²) in [6.07, 6.45) is 4.82. The van der Waals surface area contributed by atoms with Crippen LogP contribution in [0.25, 0.3) is 0 Å². The maximum atomic E-state index is 4.75. The third-order valence-corrected chi connectivity index (χ3v) is 6.00. The number of hydrogen-bond donors (Lipinski definition) is 1. The number of aromatic nitrogens is 5. The number of nitrogens with zero attached hydrogens (tertiary/aromatic N) is 6. The molecule has 4 rings (SSSR count). The van der Waals surface area contributed by atoms with Gasteiger partial charge in [0, 0.05) is 34.6 Å². The van der Waals surface area contributed by atoms with Crippen LogP contribution in [0.1, 0.15) is 37.1 Å². The molecule has 1 aliphatic heterocycles. The standard InChI is InChI=1S/C21H24BrN7S/c1-14-13-15(2)24-20(23-14)30-21-27-18(25-17-9-7-16(22)8-10-17)26-19(28-21)29-11-5-3-4-6-12-29/h7-10,13H,3-6,11-12H2,1-2H3,(H,25,26,27,28). The predicted molar refractivity (Wildman–Crippen MR) is 124 cm³/mol. The van der Waals surface area contributed by atoms with Crippen LogP contribution in [0.15, 0.2) is 45.1 Å². The van der Waals surface area contributed by atoms with Crippen molar-refractivity contribution in [3.63, 3.8) is 0 Å². The Labute approximate surface area is 189 Å². The van der Waals surface area contributed by atoms with Gasteiger partial charge in [0.15, 0.2) is 5.16 Å². The summed E-state index contributed by atoms with van der Waals surface area (Å²) in [6, 6.07) is 9.90. The van der Waals surface area contributed by atoms with Crippen LogP contribution in [-0.2, 0) is 0 Å². The van der Waals surface area contributed by atoms with E-state index in [4.69, 9.17) is 9.97 Å². The Morgan fingerprint density at radius 2 is 1.47 bits per heavy atom. The summed E-state index contributed by atoms with van der Waals surface area (Å²) in [5, 5.41) is 4.55. The van der Waals surface area contributed by atoms with E-state index in [-0.39, 0.29) is 0 Å². The molecular weight excluding hydrogens is 462 g/mol. The van der Waals surface area contributed by atoms with E-state index in [0.29, 0.717) is 22.2 Å². The number of anilines is 3. The van der Waals surface area contributed by atoms with Gasteiger partial charge in [0.1, 0.15) is 0 Å². The normalized spacial score (nSPS) is 14.4. The summed E-state index contributed by atoms with van der Waals surface area (Å²) in [4.78, 5) is 25.4. The highest BCUT2D eigenvalue weighted by atomic mass is 79.9. The fourth-order valence-corrected chi connectivity index (χ4v) is 4.41. The number of benzene rings is 1. The van der Waals surface area contributed by atoms with Gasteiger partial charge in [-0.2, -0.15) is 15.0 Å². The average molecular weight is 486 g/mol. The topological polar surface area (TPSA) is 79.7 Å². The molecule has 1 fully saturated rings. The number of hydrogen-bond acceptors (Lipinski definition) is 8. The maximum Gasteiger partial charge on any atom is 0.233 e. The number of rotatable bonds is 5. The molecule has 1 aromatic carbocycles. The molecule has 1 saturated heterocycles. The van der Waals surface area contributed by atoms with E-state index in [9.17, 15) is 0 Å². The van der Waals surface area contributed by atoms with Gasteiger partial charge in [-0.3, -0.25) is 0 Å². The fourth-order valence-electron chi connectivity index (χ4n) is 3.34. The van der Waals surface area contributed by atoms with Crippen LogP contribution in [0.4, 0.5) is 17.6 Å². The van der Waals surface area contributed by atoms with Crippen molar-refractivity contribution < 1.29 is 0 Å². The summed E-state index contributed by atoms with van der Waals surface area (Å²) in [6.45, 7) is 5.86. The fraction of sp³-hybridized carbons (Fsp3) is 0.381. The Kier molecular flexibility index (Phi) is 6.79. The van der Waals surface area contributed by atoms with E-state index >= 15 is 0 Å². The van der Waals surface area contributed by atoms with E-state index in [1.165, 1.54) is 24.6 Å². The van der Waals surface area contributed by atoms with Crippen molar-refractivity contribution in [3.8, 4) is 0 Å². The van der Waals surface area contributed by atoms with Crippen molar-refractivity contribution >= 4 is 45.3 Å². The SMILES string of the molecule is Cc1cc(C)nc(Sc2nc(Nc3ccc(Br)cc3)nc(N3CCCCCC3)n2)n1. The summed E-state index contributed by atoms with van der Waals surface area (Å²) in [7, 11) is 0. The van der Waals surface area contributed by atoms with E-state index in [1.807, 2.05) is 44.2 Å². The molecule has 1 N–H and O–H groups in total. The molecule has 0 unspecified atom stereocenters. The average Bonchev–Trinajstić information content (AvgIpc) is 2.98. The monoisotopic (exact) mass is 485 g/mol. The highest BCUT2D eigenvalue weighted by Crippen LogP contribution is 2.27. The molecule has 156 valence electrons. The maximum absolute atomic E-state index is 4.75. The number of aryl methyl sites for hydroxylation is 2. The lowest BCUT2D eigenvalue weighted by Gasteiger charge is -2.21. The lowest BCUT2D eigenvalue weighted by Crippen LogP contribution is -2.26. The molecule has 0 spiro atoms. The first-order chi connectivity index (χ1) is 14.5. The van der Waals surface area contributed by atoms with Gasteiger partial charge in [-0.25, -0.2) is 9.97 Å². The Hall–Kier alpha value is -2.26. The molecule has 3 heterocycles. The smallest absolute Gasteiger partial charge is 0.233 e. The van der Waals surface area contributed by atoms with Crippen molar-refractivity contribution in [2.24, 2.45) is 0 Å². The van der Waals surface area contributed by atoms with Gasteiger partial charge in [0.2, 0.25) is 17.1 Å². The molecule has 0 bridgehead atoms. The van der Waals surface area contributed by atoms with Crippen LogP contribution in [-0.4, -0.2) is 38.0 Å². The Morgan fingerprint density at radius 3 is 2.13 bits per heavy atom. The lowest BCUT2D eigenvalue weighted by atomic mass is 10.2. The summed E-state index contributed by atoms with van der Waals surface area (Å²) < 4.78 is 1.03. The van der Waals surface area contributed by atoms with Crippen molar-refractivity contribution in [1.82, 2.24) is 24.9 Å². The van der Waals surface area contributed by atoms with Gasteiger partial charge in [-0.15, -0.1) is 0 Å². The molecule has 30 heavy (non-hydrogen) atoms. The van der Waals surface area contributed by atoms with Crippen molar-refractivity contribution in [3.05, 3.63) is 46.2 Å². The number of halogens is 1. The molecule has 9 heteroatoms. The van der Waals surface area contributed by atoms with Gasteiger partial charge >= 0.3 is 0 Å². The van der Waals surface area contributed by atoms with Crippen molar-refractivity contribution in [1.29, 1.82) is 0 Å². The van der Waals surface area contributed by atoms with Crippen molar-refractivity contribution in [2.75, 3.05) is 23.3 Å². The van der Waals surface area contributed by atoms with E-state index < -0.39 is 0 Å². The first kappa shape index (κ1) is 21.0. The lowest BCUT2D eigenvalue weighted by molar-refractivity contribution is 0.726. The number of nitrogens with one attached hydrogen (secondary N) is 1. The van der Waals surface area contributed by atoms with Gasteiger partial charge < -0.3 is 10.2 Å². The second-order valence-corrected chi connectivity index (χ2v) is 9.16. The summed E-state index contributed by atoms with van der Waals surface area (Å²) >= 11 is 4.84. The molecule has 3 aromatic rings. The zero-order valence-corrected chi connectivity index (χ0v) is 19.5. The second kappa shape index (κ2) is 9.70. The molecule has 7 nitrogen and oxygen atoms in total. The van der Waals surface area contributed by atoms with Gasteiger partial charge in [0.25, 0.3) is 0 Å². The van der Waals surface area contributed by atoms with Crippen molar-refractivity contribution in [2.45, 2.75) is 49.8 Å². The Balaban J connectivity index is 1.66. The first-order valence-corrected chi connectivity index (χ1v) is 11.7. The van der Waals surface area contributed by atoms with Crippen LogP contribution < -0.4 is 10.2 Å². The predicted octanol–water partition coefficient (Wildman–Crippen LogP) is 5.32. The van der Waals surface area contributed by atoms with Crippen LogP contribution in [0.3, 0.4) is 0 Å². The molecular formula is C21H24BrN7S. The van der Waals surface area contributed by atoms with Gasteiger partial charge in [-0.1, -0.05) is 28.8 Å². The van der Waals surface area contributed by atoms with Crippen LogP contribution in [0, 0.1) is 13.8 Å². The minimum atomic E-state index is 0.526. The minimum absolute atomic E-state index is 0.526. The third kappa shape index (κ3) is 5.66. The second-order valence-electron chi connectivity index (χ2n) is 7.31. The molecule has 0 amide bonds. The van der Waals surface area contributed by atoms with Gasteiger partial charge in [0.05, 0.1) is 0 Å². The molecule has 0 radical (unpaired) electrons. The zero-order chi connectivity index (χ0) is 20.9. The van der Waals surface area contributed by atoms with Gasteiger partial charge in [-0.05, 0) is 68.8 Å². The van der Waals surface area contributed by atoms with Crippen LogP contribution >= 0.6 is 27.7 Å². The molecule has 0 saturated carbocycles. The Morgan fingerprint density at radius 1 is 0.833 bits per heavy atom. The third-order valence-electron chi connectivity index (χ3n) is 4.74. The highest BCUT2D eigenvalue weighted by Gasteiger charge is 2.17. The molecule has 1 aliphatic rings. The quantitative estimate of drug-likeness (QED) is 0.486. The molecule has 2 aromatic heterocycles. The minimum Gasteiger partial charge on any atom is -0.341 e. The summed E-state index contributed by atoms with van der Waals surface area (Å²) in [5.74, 6) is 1.23. The van der Waals surface area contributed by atoms with Crippen LogP contribution in [0.5, 0.6) is 0 Å². The largest absolute Gasteiger partial charge is 0.341 e. The zero-order valence-electron chi connectivity index (χ0n) is 17.1. The van der Waals surface area contributed by atoms with E-state index in [2.05, 4.69) is 41.1 Å². The summed E-state index contributed by atoms with van der Waals surface area (Å²) in [5.41, 5.74) is 2.78. The van der Waals surface area contributed by atoms with Crippen LogP contribution in [0.2, 0.25) is 0 Å². The Bertz CT molecular complexity index is 984.